The Morgan fingerprint density at radius 2 is 2.06 bits per heavy atom. The van der Waals surface area contributed by atoms with Crippen LogP contribution in [0.4, 0.5) is 4.39 Å². The van der Waals surface area contributed by atoms with E-state index in [1.165, 1.54) is 13.3 Å². The van der Waals surface area contributed by atoms with Gasteiger partial charge in [0, 0.05) is 37.3 Å². The van der Waals surface area contributed by atoms with Gasteiger partial charge in [-0.15, -0.1) is 0 Å². The summed E-state index contributed by atoms with van der Waals surface area (Å²) < 4.78 is 31.0. The molecule has 0 amide bonds. The third-order valence-electron chi connectivity index (χ3n) is 6.47. The van der Waals surface area contributed by atoms with Gasteiger partial charge in [0.05, 0.1) is 30.4 Å². The van der Waals surface area contributed by atoms with Crippen LogP contribution in [-0.4, -0.2) is 72.1 Å². The molecule has 0 saturated carbocycles. The van der Waals surface area contributed by atoms with E-state index in [2.05, 4.69) is 20.2 Å². The molecule has 1 saturated heterocycles. The Bertz CT molecular complexity index is 1160. The molecule has 1 aromatic carbocycles. The minimum atomic E-state index is -0.511. The fourth-order valence-corrected chi connectivity index (χ4v) is 4.58. The summed E-state index contributed by atoms with van der Waals surface area (Å²) in [6, 6.07) is 9.42. The van der Waals surface area contributed by atoms with Gasteiger partial charge in [-0.3, -0.25) is 4.98 Å². The number of pyridine rings is 2. The molecule has 0 spiro atoms. The maximum atomic E-state index is 14.6. The first kappa shape index (κ1) is 22.8. The lowest BCUT2D eigenvalue weighted by Gasteiger charge is -2.36. The second kappa shape index (κ2) is 10.1. The van der Waals surface area contributed by atoms with Gasteiger partial charge in [0.2, 0.25) is 5.88 Å². The molecule has 2 aliphatic heterocycles. The number of hydrogen-bond donors (Lipinski definition) is 2. The molecular weight excluding hydrogens is 439 g/mol. The molecule has 2 aromatic heterocycles. The molecule has 3 aromatic rings. The van der Waals surface area contributed by atoms with Gasteiger partial charge in [-0.05, 0) is 43.1 Å². The Labute approximate surface area is 197 Å². The van der Waals surface area contributed by atoms with Gasteiger partial charge in [-0.25, -0.2) is 9.37 Å². The number of aliphatic hydroxyl groups is 1. The highest BCUT2D eigenvalue weighted by Crippen LogP contribution is 2.31. The predicted octanol–water partition coefficient (Wildman–Crippen LogP) is 2.32. The van der Waals surface area contributed by atoms with Crippen LogP contribution >= 0.6 is 0 Å². The lowest BCUT2D eigenvalue weighted by atomic mass is 10.0. The number of nitrogens with one attached hydrogen (secondary N) is 1. The van der Waals surface area contributed by atoms with Crippen LogP contribution in [0.3, 0.4) is 0 Å². The minimum absolute atomic E-state index is 0.00568. The van der Waals surface area contributed by atoms with Crippen LogP contribution in [0.5, 0.6) is 17.4 Å². The number of halogens is 1. The van der Waals surface area contributed by atoms with E-state index in [4.69, 9.17) is 14.2 Å². The number of rotatable bonds is 7. The van der Waals surface area contributed by atoms with E-state index >= 15 is 0 Å². The molecule has 8 nitrogen and oxygen atoms in total. The van der Waals surface area contributed by atoms with Gasteiger partial charge in [0.15, 0.2) is 11.5 Å². The van der Waals surface area contributed by atoms with Crippen LogP contribution in [0.2, 0.25) is 0 Å². The first-order chi connectivity index (χ1) is 16.6. The van der Waals surface area contributed by atoms with Crippen LogP contribution in [0.15, 0.2) is 36.5 Å². The van der Waals surface area contributed by atoms with Crippen LogP contribution in [0, 0.1) is 5.82 Å². The molecule has 2 N–H and O–H groups in total. The number of aromatic nitrogens is 2. The summed E-state index contributed by atoms with van der Waals surface area (Å²) in [4.78, 5) is 10.7. The van der Waals surface area contributed by atoms with Crippen molar-refractivity contribution in [3.63, 3.8) is 0 Å². The highest BCUT2D eigenvalue weighted by atomic mass is 19.1. The first-order valence-corrected chi connectivity index (χ1v) is 11.6. The average molecular weight is 469 g/mol. The SMILES string of the molecule is COc1ccc2ncc(F)c(CCN3CCC(NCc4ccc5c(c4)OCCO5)C(O)C3)c2n1. The van der Waals surface area contributed by atoms with E-state index in [1.807, 2.05) is 18.2 Å². The molecular formula is C25H29FN4O4. The van der Waals surface area contributed by atoms with Crippen molar-refractivity contribution in [1.82, 2.24) is 20.2 Å². The molecule has 1 fully saturated rings. The topological polar surface area (TPSA) is 89.0 Å². The molecule has 9 heteroatoms. The minimum Gasteiger partial charge on any atom is -0.486 e. The summed E-state index contributed by atoms with van der Waals surface area (Å²) >= 11 is 0. The standard InChI is InChI=1S/C25H29FN4O4/c1-32-24-5-3-20-25(29-24)17(18(26)14-28-20)6-8-30-9-7-19(21(31)15-30)27-13-16-2-4-22-23(12-16)34-11-10-33-22/h2-5,12,14,19,21,27,31H,6-11,13,15H2,1H3. The van der Waals surface area contributed by atoms with E-state index in [1.54, 1.807) is 12.1 Å². The third kappa shape index (κ3) is 4.91. The molecule has 180 valence electrons. The van der Waals surface area contributed by atoms with Crippen LogP contribution in [0.1, 0.15) is 17.5 Å². The Hall–Kier alpha value is -3.01. The number of β-amino-alcohol motifs (C(OH)–C–C–N with tert-alkyl or cyclic N) is 1. The number of hydrogen-bond acceptors (Lipinski definition) is 8. The van der Waals surface area contributed by atoms with Crippen molar-refractivity contribution in [2.45, 2.75) is 31.5 Å². The van der Waals surface area contributed by atoms with Crippen molar-refractivity contribution in [3.8, 4) is 17.4 Å². The normalized spacial score (nSPS) is 20.4. The van der Waals surface area contributed by atoms with Crippen molar-refractivity contribution < 1.29 is 23.7 Å². The maximum Gasteiger partial charge on any atom is 0.213 e. The first-order valence-electron chi connectivity index (χ1n) is 11.6. The third-order valence-corrected chi connectivity index (χ3v) is 6.47. The zero-order chi connectivity index (χ0) is 23.5. The molecule has 2 atom stereocenters. The molecule has 0 radical (unpaired) electrons. The van der Waals surface area contributed by atoms with Crippen molar-refractivity contribution in [3.05, 3.63) is 53.5 Å². The molecule has 0 aliphatic carbocycles. The number of nitrogens with zero attached hydrogens (tertiary/aromatic N) is 3. The highest BCUT2D eigenvalue weighted by Gasteiger charge is 2.27. The van der Waals surface area contributed by atoms with E-state index < -0.39 is 6.10 Å². The van der Waals surface area contributed by atoms with E-state index in [0.717, 1.165) is 30.0 Å². The monoisotopic (exact) mass is 468 g/mol. The summed E-state index contributed by atoms with van der Waals surface area (Å²) in [6.07, 6.45) is 2.02. The summed E-state index contributed by atoms with van der Waals surface area (Å²) in [7, 11) is 1.54. The number of likely N-dealkylation sites (tertiary alicyclic amines) is 1. The smallest absolute Gasteiger partial charge is 0.213 e. The zero-order valence-corrected chi connectivity index (χ0v) is 19.2. The average Bonchev–Trinajstić information content (AvgIpc) is 2.87. The fourth-order valence-electron chi connectivity index (χ4n) is 4.58. The molecule has 34 heavy (non-hydrogen) atoms. The number of piperidine rings is 1. The van der Waals surface area contributed by atoms with Crippen molar-refractivity contribution in [1.29, 1.82) is 0 Å². The van der Waals surface area contributed by atoms with Crippen molar-refractivity contribution in [2.24, 2.45) is 0 Å². The fraction of sp³-hybridized carbons (Fsp3) is 0.440. The summed E-state index contributed by atoms with van der Waals surface area (Å²) in [5.74, 6) is 1.60. The second-order valence-electron chi connectivity index (χ2n) is 8.68. The second-order valence-corrected chi connectivity index (χ2v) is 8.68. The Balaban J connectivity index is 1.16. The molecule has 5 rings (SSSR count). The maximum absolute atomic E-state index is 14.6. The van der Waals surface area contributed by atoms with Gasteiger partial charge in [0.25, 0.3) is 0 Å². The van der Waals surface area contributed by atoms with Crippen molar-refractivity contribution in [2.75, 3.05) is 40.0 Å². The lowest BCUT2D eigenvalue weighted by Crippen LogP contribution is -2.52. The van der Waals surface area contributed by atoms with Gasteiger partial charge >= 0.3 is 0 Å². The number of ether oxygens (including phenoxy) is 3. The van der Waals surface area contributed by atoms with E-state index in [-0.39, 0.29) is 11.9 Å². The predicted molar refractivity (Wildman–Crippen MR) is 125 cm³/mol. The van der Waals surface area contributed by atoms with Crippen molar-refractivity contribution >= 4 is 11.0 Å². The molecule has 0 bridgehead atoms. The molecule has 2 aliphatic rings. The Morgan fingerprint density at radius 3 is 2.88 bits per heavy atom. The van der Waals surface area contributed by atoms with E-state index in [0.29, 0.717) is 61.7 Å². The van der Waals surface area contributed by atoms with Gasteiger partial charge in [-0.2, -0.15) is 0 Å². The largest absolute Gasteiger partial charge is 0.486 e. The van der Waals surface area contributed by atoms with E-state index in [9.17, 15) is 9.50 Å². The Kier molecular flexibility index (Phi) is 6.75. The van der Waals surface area contributed by atoms with Gasteiger partial charge in [-0.1, -0.05) is 6.07 Å². The molecule has 2 unspecified atom stereocenters. The highest BCUT2D eigenvalue weighted by molar-refractivity contribution is 5.78. The van der Waals surface area contributed by atoms with Crippen LogP contribution < -0.4 is 19.5 Å². The number of aliphatic hydroxyl groups excluding tert-OH is 1. The lowest BCUT2D eigenvalue weighted by molar-refractivity contribution is 0.0404. The summed E-state index contributed by atoms with van der Waals surface area (Å²) in [5.41, 5.74) is 2.77. The summed E-state index contributed by atoms with van der Waals surface area (Å²) in [6.45, 7) is 3.74. The zero-order valence-electron chi connectivity index (χ0n) is 19.2. The van der Waals surface area contributed by atoms with Crippen LogP contribution in [-0.2, 0) is 13.0 Å². The number of benzene rings is 1. The quantitative estimate of drug-likeness (QED) is 0.546. The molecule has 4 heterocycles. The van der Waals surface area contributed by atoms with Gasteiger partial charge < -0.3 is 29.5 Å². The van der Waals surface area contributed by atoms with Crippen LogP contribution in [0.25, 0.3) is 11.0 Å². The summed E-state index contributed by atoms with van der Waals surface area (Å²) in [5, 5.41) is 14.2. The number of fused-ring (bicyclic) bond motifs is 2. The van der Waals surface area contributed by atoms with Gasteiger partial charge in [0.1, 0.15) is 19.0 Å². The Morgan fingerprint density at radius 1 is 1.21 bits per heavy atom. The number of methoxy groups -OCH3 is 1.